The van der Waals surface area contributed by atoms with Crippen molar-refractivity contribution in [1.82, 2.24) is 4.98 Å². The van der Waals surface area contributed by atoms with Gasteiger partial charge in [0.1, 0.15) is 27.0 Å². The van der Waals surface area contributed by atoms with Crippen molar-refractivity contribution in [2.45, 2.75) is 31.9 Å². The van der Waals surface area contributed by atoms with Crippen LogP contribution in [0.5, 0.6) is 5.75 Å². The SMILES string of the molecule is COc1ccc(F)cc1C(=O)c1sc2nc(C(F)(F)F)c3c(c2c1N)CCCC3. The van der Waals surface area contributed by atoms with Crippen LogP contribution in [0.2, 0.25) is 0 Å². The van der Waals surface area contributed by atoms with E-state index in [9.17, 15) is 22.4 Å². The lowest BCUT2D eigenvalue weighted by Crippen LogP contribution is -2.17. The molecule has 0 saturated carbocycles. The minimum absolute atomic E-state index is 0.0310. The first-order chi connectivity index (χ1) is 13.7. The summed E-state index contributed by atoms with van der Waals surface area (Å²) in [5.74, 6) is -1.09. The normalized spacial score (nSPS) is 14.1. The second kappa shape index (κ2) is 6.98. The number of nitrogens with two attached hydrogens (primary N) is 1. The van der Waals surface area contributed by atoms with Gasteiger partial charge in [0, 0.05) is 5.39 Å². The number of carbonyl (C=O) groups is 1. The van der Waals surface area contributed by atoms with Crippen molar-refractivity contribution in [3.8, 4) is 5.75 Å². The Morgan fingerprint density at radius 2 is 1.90 bits per heavy atom. The predicted octanol–water partition coefficient (Wildman–Crippen LogP) is 5.15. The minimum Gasteiger partial charge on any atom is -0.496 e. The van der Waals surface area contributed by atoms with Gasteiger partial charge in [0.05, 0.1) is 18.4 Å². The van der Waals surface area contributed by atoms with E-state index in [1.165, 1.54) is 13.2 Å². The molecule has 1 aromatic carbocycles. The predicted molar refractivity (Wildman–Crippen MR) is 102 cm³/mol. The molecule has 2 aromatic heterocycles. The topological polar surface area (TPSA) is 65.2 Å². The van der Waals surface area contributed by atoms with Crippen molar-refractivity contribution < 1.29 is 27.1 Å². The van der Waals surface area contributed by atoms with Crippen molar-refractivity contribution >= 4 is 33.0 Å². The highest BCUT2D eigenvalue weighted by molar-refractivity contribution is 7.21. The van der Waals surface area contributed by atoms with E-state index in [-0.39, 0.29) is 38.7 Å². The Morgan fingerprint density at radius 1 is 1.21 bits per heavy atom. The van der Waals surface area contributed by atoms with Crippen LogP contribution in [0, 0.1) is 5.82 Å². The molecule has 3 aromatic rings. The van der Waals surface area contributed by atoms with Gasteiger partial charge in [-0.3, -0.25) is 4.79 Å². The molecule has 0 unspecified atom stereocenters. The number of nitrogen functional groups attached to an aromatic ring is 1. The molecule has 0 amide bonds. The van der Waals surface area contributed by atoms with Gasteiger partial charge >= 0.3 is 6.18 Å². The van der Waals surface area contributed by atoms with Crippen LogP contribution in [-0.4, -0.2) is 17.9 Å². The Labute approximate surface area is 167 Å². The first-order valence-electron chi connectivity index (χ1n) is 8.91. The maximum Gasteiger partial charge on any atom is 0.433 e. The third-order valence-corrected chi connectivity index (χ3v) is 6.17. The fourth-order valence-electron chi connectivity index (χ4n) is 3.80. The number of alkyl halides is 3. The molecule has 0 fully saturated rings. The van der Waals surface area contributed by atoms with E-state index in [1.54, 1.807) is 0 Å². The van der Waals surface area contributed by atoms with Gasteiger partial charge in [-0.15, -0.1) is 11.3 Å². The number of aromatic nitrogens is 1. The van der Waals surface area contributed by atoms with Crippen molar-refractivity contribution in [1.29, 1.82) is 0 Å². The molecule has 0 aliphatic heterocycles. The fraction of sp³-hybridized carbons (Fsp3) is 0.300. The number of nitrogens with zero attached hydrogens (tertiary/aromatic N) is 1. The summed E-state index contributed by atoms with van der Waals surface area (Å²) in [6.07, 6.45) is -2.51. The summed E-state index contributed by atoms with van der Waals surface area (Å²) in [5, 5.41) is 0.399. The summed E-state index contributed by atoms with van der Waals surface area (Å²) in [6, 6.07) is 3.49. The van der Waals surface area contributed by atoms with E-state index in [0.717, 1.165) is 29.9 Å². The van der Waals surface area contributed by atoms with Gasteiger partial charge in [-0.05, 0) is 55.0 Å². The Bertz CT molecular complexity index is 1140. The highest BCUT2D eigenvalue weighted by Crippen LogP contribution is 2.44. The molecule has 9 heteroatoms. The van der Waals surface area contributed by atoms with Gasteiger partial charge in [0.25, 0.3) is 0 Å². The molecule has 2 N–H and O–H groups in total. The number of ether oxygens (including phenoxy) is 1. The zero-order valence-electron chi connectivity index (χ0n) is 15.3. The van der Waals surface area contributed by atoms with Crippen LogP contribution in [0.25, 0.3) is 10.2 Å². The lowest BCUT2D eigenvalue weighted by Gasteiger charge is -2.21. The number of hydrogen-bond acceptors (Lipinski definition) is 5. The van der Waals surface area contributed by atoms with E-state index in [4.69, 9.17) is 10.5 Å². The third kappa shape index (κ3) is 3.23. The number of thiophene rings is 1. The number of hydrogen-bond donors (Lipinski definition) is 1. The maximum atomic E-state index is 13.7. The zero-order valence-corrected chi connectivity index (χ0v) is 16.1. The van der Waals surface area contributed by atoms with Crippen LogP contribution in [-0.2, 0) is 19.0 Å². The summed E-state index contributed by atoms with van der Waals surface area (Å²) in [6.45, 7) is 0. The third-order valence-electron chi connectivity index (χ3n) is 5.08. The highest BCUT2D eigenvalue weighted by atomic mass is 32.1. The van der Waals surface area contributed by atoms with Crippen LogP contribution in [0.4, 0.5) is 23.2 Å². The first-order valence-corrected chi connectivity index (χ1v) is 9.73. The molecule has 1 aliphatic rings. The van der Waals surface area contributed by atoms with Crippen LogP contribution in [0.1, 0.15) is 44.9 Å². The summed E-state index contributed by atoms with van der Waals surface area (Å²) in [7, 11) is 1.34. The molecule has 4 nitrogen and oxygen atoms in total. The van der Waals surface area contributed by atoms with Crippen LogP contribution >= 0.6 is 11.3 Å². The van der Waals surface area contributed by atoms with Gasteiger partial charge in [0.15, 0.2) is 0 Å². The standard InChI is InChI=1S/C20H16F4N2O2S/c1-28-13-7-6-9(21)8-12(13)16(27)17-15(25)14-10-4-2-3-5-11(10)18(20(22,23)24)26-19(14)29-17/h6-8H,2-5,25H2,1H3. The number of aryl methyl sites for hydroxylation is 1. The smallest absolute Gasteiger partial charge is 0.433 e. The Kier molecular flexibility index (Phi) is 4.72. The molecule has 2 heterocycles. The zero-order chi connectivity index (χ0) is 20.9. The molecule has 0 radical (unpaired) electrons. The second-order valence-electron chi connectivity index (χ2n) is 6.82. The van der Waals surface area contributed by atoms with Gasteiger partial charge in [-0.1, -0.05) is 0 Å². The van der Waals surface area contributed by atoms with Crippen LogP contribution < -0.4 is 10.5 Å². The molecule has 4 rings (SSSR count). The largest absolute Gasteiger partial charge is 0.496 e. The van der Waals surface area contributed by atoms with Crippen molar-refractivity contribution in [2.75, 3.05) is 12.8 Å². The van der Waals surface area contributed by atoms with Gasteiger partial charge in [0.2, 0.25) is 5.78 Å². The number of methoxy groups -OCH3 is 1. The van der Waals surface area contributed by atoms with E-state index in [2.05, 4.69) is 4.98 Å². The van der Waals surface area contributed by atoms with E-state index >= 15 is 0 Å². The van der Waals surface area contributed by atoms with Crippen LogP contribution in [0.15, 0.2) is 18.2 Å². The number of carbonyl (C=O) groups excluding carboxylic acids is 1. The molecule has 29 heavy (non-hydrogen) atoms. The lowest BCUT2D eigenvalue weighted by atomic mass is 9.88. The number of pyridine rings is 1. The number of anilines is 1. The van der Waals surface area contributed by atoms with E-state index < -0.39 is 23.5 Å². The Hall–Kier alpha value is -2.68. The quantitative estimate of drug-likeness (QED) is 0.466. The summed E-state index contributed by atoms with van der Waals surface area (Å²) >= 11 is 0.791. The monoisotopic (exact) mass is 424 g/mol. The maximum absolute atomic E-state index is 13.7. The minimum atomic E-state index is -4.59. The average Bonchev–Trinajstić information content (AvgIpc) is 3.03. The molecule has 0 bridgehead atoms. The van der Waals surface area contributed by atoms with Gasteiger partial charge in [-0.2, -0.15) is 13.2 Å². The summed E-state index contributed by atoms with van der Waals surface area (Å²) in [5.41, 5.74) is 6.01. The number of benzene rings is 1. The second-order valence-corrected chi connectivity index (χ2v) is 7.82. The fourth-order valence-corrected chi connectivity index (χ4v) is 4.88. The molecule has 1 aliphatic carbocycles. The van der Waals surface area contributed by atoms with E-state index in [1.807, 2.05) is 0 Å². The Morgan fingerprint density at radius 3 is 2.55 bits per heavy atom. The van der Waals surface area contributed by atoms with E-state index in [0.29, 0.717) is 23.8 Å². The van der Waals surface area contributed by atoms with Gasteiger partial charge in [-0.25, -0.2) is 9.37 Å². The molecular weight excluding hydrogens is 408 g/mol. The number of rotatable bonds is 3. The highest BCUT2D eigenvalue weighted by Gasteiger charge is 2.38. The number of fused-ring (bicyclic) bond motifs is 3. The van der Waals surface area contributed by atoms with Crippen LogP contribution in [0.3, 0.4) is 0 Å². The molecule has 152 valence electrons. The molecular formula is C20H16F4N2O2S. The van der Waals surface area contributed by atoms with Crippen molar-refractivity contribution in [3.63, 3.8) is 0 Å². The first kappa shape index (κ1) is 19.6. The number of ketones is 1. The summed E-state index contributed by atoms with van der Waals surface area (Å²) in [4.78, 5) is 17.0. The summed E-state index contributed by atoms with van der Waals surface area (Å²) < 4.78 is 59.5. The Balaban J connectivity index is 1.96. The molecule has 0 saturated heterocycles. The molecule has 0 spiro atoms. The number of halogens is 4. The average molecular weight is 424 g/mol. The lowest BCUT2D eigenvalue weighted by molar-refractivity contribution is -0.141. The van der Waals surface area contributed by atoms with Crippen molar-refractivity contribution in [2.24, 2.45) is 0 Å². The molecule has 0 atom stereocenters. The van der Waals surface area contributed by atoms with Gasteiger partial charge < -0.3 is 10.5 Å². The van der Waals surface area contributed by atoms with Crippen molar-refractivity contribution in [3.05, 3.63) is 51.3 Å².